The Morgan fingerprint density at radius 1 is 1.26 bits per heavy atom. The summed E-state index contributed by atoms with van der Waals surface area (Å²) >= 11 is 1.75. The molecule has 4 nitrogen and oxygen atoms in total. The molecule has 0 unspecified atom stereocenters. The molecule has 0 spiro atoms. The van der Waals surface area contributed by atoms with E-state index in [0.717, 1.165) is 19.6 Å². The summed E-state index contributed by atoms with van der Waals surface area (Å²) in [5, 5.41) is 6.72. The molecular formula is C14H26N4S. The number of nitrogens with one attached hydrogen (secondary N) is 1. The molecule has 108 valence electrons. The fourth-order valence-corrected chi connectivity index (χ4v) is 3.08. The molecule has 0 atom stereocenters. The van der Waals surface area contributed by atoms with Crippen LogP contribution < -0.4 is 10.2 Å². The largest absolute Gasteiger partial charge is 0.346 e. The lowest BCUT2D eigenvalue weighted by molar-refractivity contribution is 0.252. The first-order chi connectivity index (χ1) is 9.25. The van der Waals surface area contributed by atoms with Crippen molar-refractivity contribution >= 4 is 16.5 Å². The highest BCUT2D eigenvalue weighted by molar-refractivity contribution is 7.13. The average molecular weight is 282 g/mol. The third-order valence-electron chi connectivity index (χ3n) is 3.52. The monoisotopic (exact) mass is 282 g/mol. The molecule has 0 aliphatic carbocycles. The maximum Gasteiger partial charge on any atom is 0.185 e. The van der Waals surface area contributed by atoms with Gasteiger partial charge in [0.1, 0.15) is 0 Å². The van der Waals surface area contributed by atoms with E-state index in [1.807, 2.05) is 6.20 Å². The highest BCUT2D eigenvalue weighted by Crippen LogP contribution is 2.18. The van der Waals surface area contributed by atoms with E-state index in [0.29, 0.717) is 6.04 Å². The lowest BCUT2D eigenvalue weighted by Crippen LogP contribution is -2.46. The van der Waals surface area contributed by atoms with Crippen molar-refractivity contribution in [2.75, 3.05) is 44.2 Å². The van der Waals surface area contributed by atoms with Crippen molar-refractivity contribution in [1.82, 2.24) is 15.2 Å². The third-order valence-corrected chi connectivity index (χ3v) is 4.35. The molecule has 2 rings (SSSR count). The minimum absolute atomic E-state index is 0.613. The Labute approximate surface area is 120 Å². The summed E-state index contributed by atoms with van der Waals surface area (Å²) in [4.78, 5) is 9.37. The normalized spacial score (nSPS) is 17.3. The van der Waals surface area contributed by atoms with Gasteiger partial charge in [0.15, 0.2) is 5.13 Å². The van der Waals surface area contributed by atoms with Crippen LogP contribution in [0.4, 0.5) is 5.13 Å². The van der Waals surface area contributed by atoms with Crippen molar-refractivity contribution in [3.63, 3.8) is 0 Å². The Bertz CT molecular complexity index is 331. The number of anilines is 1. The molecule has 1 aromatic heterocycles. The van der Waals surface area contributed by atoms with Gasteiger partial charge in [-0.25, -0.2) is 4.98 Å². The summed E-state index contributed by atoms with van der Waals surface area (Å²) in [7, 11) is 0. The van der Waals surface area contributed by atoms with Gasteiger partial charge in [-0.2, -0.15) is 0 Å². The number of unbranched alkanes of at least 4 members (excludes halogenated alkanes) is 1. The van der Waals surface area contributed by atoms with Gasteiger partial charge in [0.25, 0.3) is 0 Å². The zero-order valence-corrected chi connectivity index (χ0v) is 13.0. The van der Waals surface area contributed by atoms with Crippen LogP contribution in [0.2, 0.25) is 0 Å². The number of aromatic nitrogens is 1. The van der Waals surface area contributed by atoms with Crippen LogP contribution in [-0.4, -0.2) is 55.2 Å². The van der Waals surface area contributed by atoms with Crippen LogP contribution in [0.25, 0.3) is 0 Å². The maximum atomic E-state index is 4.39. The highest BCUT2D eigenvalue weighted by atomic mass is 32.1. The van der Waals surface area contributed by atoms with Crippen LogP contribution in [0.3, 0.4) is 0 Å². The minimum atomic E-state index is 0.613. The Kier molecular flexibility index (Phi) is 6.07. The van der Waals surface area contributed by atoms with Crippen molar-refractivity contribution in [3.8, 4) is 0 Å². The number of piperazine rings is 1. The van der Waals surface area contributed by atoms with Crippen molar-refractivity contribution < 1.29 is 0 Å². The molecule has 5 heteroatoms. The van der Waals surface area contributed by atoms with Gasteiger partial charge >= 0.3 is 0 Å². The van der Waals surface area contributed by atoms with Gasteiger partial charge in [-0.3, -0.25) is 4.90 Å². The second kappa shape index (κ2) is 7.82. The minimum Gasteiger partial charge on any atom is -0.346 e. The van der Waals surface area contributed by atoms with E-state index in [9.17, 15) is 0 Å². The molecule has 0 radical (unpaired) electrons. The molecular weight excluding hydrogens is 256 g/mol. The Balaban J connectivity index is 1.56. The van der Waals surface area contributed by atoms with Gasteiger partial charge in [0.05, 0.1) is 0 Å². The molecule has 1 aliphatic rings. The smallest absolute Gasteiger partial charge is 0.185 e. The SMILES string of the molecule is CC(C)NCCCCN1CCN(c2nccs2)CC1. The fourth-order valence-electron chi connectivity index (χ4n) is 2.39. The number of hydrogen-bond donors (Lipinski definition) is 1. The van der Waals surface area contributed by atoms with Gasteiger partial charge in [-0.05, 0) is 25.9 Å². The molecule has 1 fully saturated rings. The van der Waals surface area contributed by atoms with E-state index < -0.39 is 0 Å². The Hall–Kier alpha value is -0.650. The fraction of sp³-hybridized carbons (Fsp3) is 0.786. The summed E-state index contributed by atoms with van der Waals surface area (Å²) in [6.45, 7) is 11.4. The van der Waals surface area contributed by atoms with Crippen LogP contribution in [-0.2, 0) is 0 Å². The zero-order chi connectivity index (χ0) is 13.5. The first-order valence-electron chi connectivity index (χ1n) is 7.36. The van der Waals surface area contributed by atoms with Crippen molar-refractivity contribution in [2.24, 2.45) is 0 Å². The van der Waals surface area contributed by atoms with Gasteiger partial charge in [-0.15, -0.1) is 11.3 Å². The lowest BCUT2D eigenvalue weighted by atomic mass is 10.2. The van der Waals surface area contributed by atoms with Crippen LogP contribution >= 0.6 is 11.3 Å². The van der Waals surface area contributed by atoms with Crippen molar-refractivity contribution in [1.29, 1.82) is 0 Å². The second-order valence-corrected chi connectivity index (χ2v) is 6.33. The average Bonchev–Trinajstić information content (AvgIpc) is 2.93. The van der Waals surface area contributed by atoms with Gasteiger partial charge in [-0.1, -0.05) is 13.8 Å². The van der Waals surface area contributed by atoms with Crippen LogP contribution in [0.1, 0.15) is 26.7 Å². The Morgan fingerprint density at radius 3 is 2.68 bits per heavy atom. The van der Waals surface area contributed by atoms with Crippen molar-refractivity contribution in [3.05, 3.63) is 11.6 Å². The molecule has 0 aromatic carbocycles. The summed E-state index contributed by atoms with van der Waals surface area (Å²) < 4.78 is 0. The zero-order valence-electron chi connectivity index (χ0n) is 12.1. The van der Waals surface area contributed by atoms with E-state index in [1.165, 1.54) is 37.6 Å². The first kappa shape index (κ1) is 14.8. The van der Waals surface area contributed by atoms with E-state index >= 15 is 0 Å². The van der Waals surface area contributed by atoms with E-state index in [2.05, 4.69) is 39.3 Å². The molecule has 2 heterocycles. The summed E-state index contributed by atoms with van der Waals surface area (Å²) in [6.07, 6.45) is 4.48. The standard InChI is InChI=1S/C14H26N4S/c1-13(2)15-5-3-4-7-17-8-10-18(11-9-17)14-16-6-12-19-14/h6,12-13,15H,3-5,7-11H2,1-2H3. The van der Waals surface area contributed by atoms with Gasteiger partial charge in [0.2, 0.25) is 0 Å². The molecule has 1 aromatic rings. The topological polar surface area (TPSA) is 31.4 Å². The molecule has 0 bridgehead atoms. The number of nitrogens with zero attached hydrogens (tertiary/aromatic N) is 3. The number of hydrogen-bond acceptors (Lipinski definition) is 5. The molecule has 0 amide bonds. The van der Waals surface area contributed by atoms with E-state index in [4.69, 9.17) is 0 Å². The van der Waals surface area contributed by atoms with Crippen LogP contribution in [0, 0.1) is 0 Å². The predicted octanol–water partition coefficient (Wildman–Crippen LogP) is 2.04. The quantitative estimate of drug-likeness (QED) is 0.776. The lowest BCUT2D eigenvalue weighted by Gasteiger charge is -2.34. The van der Waals surface area contributed by atoms with E-state index in [1.54, 1.807) is 11.3 Å². The molecule has 1 N–H and O–H groups in total. The summed E-state index contributed by atoms with van der Waals surface area (Å²) in [6, 6.07) is 0.613. The highest BCUT2D eigenvalue weighted by Gasteiger charge is 2.17. The Morgan fingerprint density at radius 2 is 2.05 bits per heavy atom. The van der Waals surface area contributed by atoms with Gasteiger partial charge in [0, 0.05) is 43.8 Å². The van der Waals surface area contributed by atoms with Gasteiger partial charge < -0.3 is 10.2 Å². The maximum absolute atomic E-state index is 4.39. The molecule has 0 saturated carbocycles. The molecule has 1 aliphatic heterocycles. The number of thiazole rings is 1. The molecule has 19 heavy (non-hydrogen) atoms. The number of rotatable bonds is 7. The van der Waals surface area contributed by atoms with Crippen LogP contribution in [0.15, 0.2) is 11.6 Å². The first-order valence-corrected chi connectivity index (χ1v) is 8.24. The summed E-state index contributed by atoms with van der Waals surface area (Å²) in [5.74, 6) is 0. The third kappa shape index (κ3) is 5.09. The predicted molar refractivity (Wildman–Crippen MR) is 83.1 cm³/mol. The summed E-state index contributed by atoms with van der Waals surface area (Å²) in [5.41, 5.74) is 0. The second-order valence-electron chi connectivity index (χ2n) is 5.46. The van der Waals surface area contributed by atoms with E-state index in [-0.39, 0.29) is 0 Å². The van der Waals surface area contributed by atoms with Crippen molar-refractivity contribution in [2.45, 2.75) is 32.7 Å². The van der Waals surface area contributed by atoms with Crippen LogP contribution in [0.5, 0.6) is 0 Å². The molecule has 1 saturated heterocycles.